The number of nitrogens with one attached hydrogen (secondary N) is 2. The Morgan fingerprint density at radius 1 is 1.07 bits per heavy atom. The zero-order chi connectivity index (χ0) is 21.1. The van der Waals surface area contributed by atoms with Crippen LogP contribution in [0, 0.1) is 11.2 Å². The summed E-state index contributed by atoms with van der Waals surface area (Å²) in [7, 11) is 0. The van der Waals surface area contributed by atoms with Crippen LogP contribution in [-0.2, 0) is 0 Å². The average Bonchev–Trinajstić information content (AvgIpc) is 2.74. The second kappa shape index (κ2) is 8.31. The maximum atomic E-state index is 13.2. The van der Waals surface area contributed by atoms with Crippen LogP contribution < -0.4 is 5.32 Å². The molecule has 0 saturated heterocycles. The molecule has 3 aromatic rings. The summed E-state index contributed by atoms with van der Waals surface area (Å²) in [6.45, 7) is 0. The van der Waals surface area contributed by atoms with Crippen molar-refractivity contribution in [1.29, 1.82) is 5.41 Å². The summed E-state index contributed by atoms with van der Waals surface area (Å²) in [5.74, 6) is 0.181. The largest absolute Gasteiger partial charge is 0.592 e. The lowest BCUT2D eigenvalue weighted by Crippen LogP contribution is -2.06. The highest BCUT2D eigenvalue weighted by Gasteiger charge is 2.19. The fraction of sp³-hybridized carbons (Fsp3) is 0. The van der Waals surface area contributed by atoms with Gasteiger partial charge >= 0.3 is 0 Å². The first-order valence-corrected chi connectivity index (χ1v) is 9.44. The highest BCUT2D eigenvalue weighted by Crippen LogP contribution is 2.27. The average molecular weight is 420 g/mol. The molecular formula is C23H17ClFN4O+. The molecule has 4 rings (SSSR count). The number of halogens is 2. The minimum absolute atomic E-state index is 0.146. The van der Waals surface area contributed by atoms with E-state index in [1.54, 1.807) is 42.6 Å². The Bertz CT molecular complexity index is 1220. The van der Waals surface area contributed by atoms with Crippen molar-refractivity contribution in [3.63, 3.8) is 0 Å². The summed E-state index contributed by atoms with van der Waals surface area (Å²) in [5.41, 5.74) is 3.32. The van der Waals surface area contributed by atoms with E-state index in [-0.39, 0.29) is 17.3 Å². The normalized spacial score (nSPS) is 15.0. The third kappa shape index (κ3) is 4.29. The Morgan fingerprint density at radius 3 is 2.63 bits per heavy atom. The predicted octanol–water partition coefficient (Wildman–Crippen LogP) is 5.12. The number of aromatic nitrogens is 2. The second-order valence-corrected chi connectivity index (χ2v) is 6.98. The molecule has 0 saturated carbocycles. The lowest BCUT2D eigenvalue weighted by Gasteiger charge is -2.12. The van der Waals surface area contributed by atoms with Crippen molar-refractivity contribution >= 4 is 40.3 Å². The minimum Gasteiger partial charge on any atom is -0.592 e. The molecule has 0 fully saturated rings. The molecule has 0 spiro atoms. The Morgan fingerprint density at radius 2 is 1.87 bits per heavy atom. The highest BCUT2D eigenvalue weighted by molar-refractivity contribution is 6.30. The summed E-state index contributed by atoms with van der Waals surface area (Å²) in [5, 5.41) is 20.4. The number of hydrogen-bond donors (Lipinski definition) is 2. The topological polar surface area (TPSA) is 84.6 Å². The van der Waals surface area contributed by atoms with Crippen LogP contribution in [0.1, 0.15) is 11.3 Å². The summed E-state index contributed by atoms with van der Waals surface area (Å²) < 4.78 is 13.2. The van der Waals surface area contributed by atoms with Crippen LogP contribution in [0.4, 0.5) is 16.0 Å². The van der Waals surface area contributed by atoms with Crippen LogP contribution in [0.2, 0.25) is 5.02 Å². The lowest BCUT2D eigenvalue weighted by atomic mass is 9.95. The molecular weight excluding hydrogens is 403 g/mol. The first-order chi connectivity index (χ1) is 14.5. The number of nitrogens with zero attached hydrogens (tertiary/aromatic N) is 2. The number of hydrogen-bond acceptors (Lipinski definition) is 4. The second-order valence-electron chi connectivity index (χ2n) is 6.54. The van der Waals surface area contributed by atoms with Gasteiger partial charge in [0.25, 0.3) is 5.76 Å². The van der Waals surface area contributed by atoms with E-state index < -0.39 is 0 Å². The first-order valence-electron chi connectivity index (χ1n) is 9.06. The first kappa shape index (κ1) is 19.5. The standard InChI is InChI=1S/C23H16ClFN4O/c24-16-2-1-3-18(13-16)28-23-27-11-10-21(29-23)15-6-9-20(26)19(12-15)22(30)14-4-7-17(25)8-5-14/h1-13,26,30H,(H,27,28,29)/p+1/b22-19-,26-20?. The van der Waals surface area contributed by atoms with E-state index >= 15 is 0 Å². The molecule has 7 heteroatoms. The molecule has 0 unspecified atom stereocenters. The summed E-state index contributed by atoms with van der Waals surface area (Å²) in [6.07, 6.45) is 6.76. The van der Waals surface area contributed by atoms with Crippen molar-refractivity contribution in [1.82, 2.24) is 9.97 Å². The highest BCUT2D eigenvalue weighted by atomic mass is 35.5. The number of anilines is 2. The van der Waals surface area contributed by atoms with Crippen LogP contribution in [0.15, 0.2) is 84.6 Å². The van der Waals surface area contributed by atoms with Gasteiger partial charge in [-0.05, 0) is 60.7 Å². The Kier molecular flexibility index (Phi) is 5.41. The van der Waals surface area contributed by atoms with Crippen LogP contribution in [0.5, 0.6) is 0 Å². The van der Waals surface area contributed by atoms with E-state index in [1.165, 1.54) is 24.3 Å². The summed E-state index contributed by atoms with van der Waals surface area (Å²) in [6, 6.07) is 14.7. The molecule has 1 aliphatic carbocycles. The molecule has 30 heavy (non-hydrogen) atoms. The van der Waals surface area contributed by atoms with E-state index in [4.69, 9.17) is 22.1 Å². The molecule has 4 N–H and O–H groups in total. The summed E-state index contributed by atoms with van der Waals surface area (Å²) >= 11 is 6.02. The van der Waals surface area contributed by atoms with Crippen molar-refractivity contribution in [3.8, 4) is 0 Å². The van der Waals surface area contributed by atoms with Crippen molar-refractivity contribution in [2.75, 3.05) is 5.32 Å². The third-order valence-electron chi connectivity index (χ3n) is 4.45. The Hall–Kier alpha value is -3.77. The molecule has 0 radical (unpaired) electrons. The number of benzene rings is 2. The molecule has 2 aromatic carbocycles. The lowest BCUT2D eigenvalue weighted by molar-refractivity contribution is 0.509. The van der Waals surface area contributed by atoms with Crippen molar-refractivity contribution in [3.05, 3.63) is 107 Å². The predicted molar refractivity (Wildman–Crippen MR) is 119 cm³/mol. The molecule has 0 atom stereocenters. The molecule has 1 heterocycles. The van der Waals surface area contributed by atoms with E-state index in [2.05, 4.69) is 15.3 Å². The molecule has 0 bridgehead atoms. The van der Waals surface area contributed by atoms with E-state index in [1.807, 2.05) is 12.1 Å². The maximum absolute atomic E-state index is 13.2. The van der Waals surface area contributed by atoms with Crippen LogP contribution in [-0.4, -0.2) is 20.8 Å². The zero-order valence-corrected chi connectivity index (χ0v) is 16.4. The van der Waals surface area contributed by atoms with Gasteiger partial charge in [0.05, 0.1) is 22.5 Å². The van der Waals surface area contributed by atoms with E-state index in [0.717, 1.165) is 11.3 Å². The van der Waals surface area contributed by atoms with Gasteiger partial charge in [-0.25, -0.2) is 14.4 Å². The fourth-order valence-corrected chi connectivity index (χ4v) is 3.15. The Labute approximate surface area is 177 Å². The molecule has 148 valence electrons. The van der Waals surface area contributed by atoms with E-state index in [0.29, 0.717) is 27.8 Å². The fourth-order valence-electron chi connectivity index (χ4n) is 2.96. The quantitative estimate of drug-likeness (QED) is 0.454. The molecule has 1 aliphatic rings. The minimum atomic E-state index is -0.368. The maximum Gasteiger partial charge on any atom is 0.270 e. The van der Waals surface area contributed by atoms with Crippen LogP contribution >= 0.6 is 11.6 Å². The zero-order valence-electron chi connectivity index (χ0n) is 15.7. The van der Waals surface area contributed by atoms with Crippen LogP contribution in [0.25, 0.3) is 11.3 Å². The van der Waals surface area contributed by atoms with E-state index in [9.17, 15) is 4.39 Å². The van der Waals surface area contributed by atoms with Crippen molar-refractivity contribution < 1.29 is 9.50 Å². The monoisotopic (exact) mass is 419 g/mol. The molecule has 5 nitrogen and oxygen atoms in total. The van der Waals surface area contributed by atoms with Gasteiger partial charge < -0.3 is 10.4 Å². The SMILES string of the molecule is N=C1C=CC(c2ccnc(Nc3cccc(Cl)c3)n2)=C/C1=C(/[OH2+])c1ccc(F)cc1. The van der Waals surface area contributed by atoms with Gasteiger partial charge in [0.15, 0.2) is 0 Å². The number of allylic oxidation sites excluding steroid dienone is 5. The van der Waals surface area contributed by atoms with Gasteiger partial charge in [0, 0.05) is 22.5 Å². The van der Waals surface area contributed by atoms with Gasteiger partial charge in [0.2, 0.25) is 5.95 Å². The van der Waals surface area contributed by atoms with Gasteiger partial charge in [-0.15, -0.1) is 0 Å². The molecule has 0 amide bonds. The van der Waals surface area contributed by atoms with Crippen molar-refractivity contribution in [2.24, 2.45) is 0 Å². The summed E-state index contributed by atoms with van der Waals surface area (Å²) in [4.78, 5) is 8.78. The van der Waals surface area contributed by atoms with Crippen molar-refractivity contribution in [2.45, 2.75) is 0 Å². The number of rotatable bonds is 4. The van der Waals surface area contributed by atoms with Gasteiger partial charge in [0.1, 0.15) is 5.82 Å². The smallest absolute Gasteiger partial charge is 0.270 e. The van der Waals surface area contributed by atoms with Gasteiger partial charge in [-0.1, -0.05) is 23.7 Å². The van der Waals surface area contributed by atoms with Gasteiger partial charge in [-0.2, -0.15) is 0 Å². The van der Waals surface area contributed by atoms with Gasteiger partial charge in [-0.3, -0.25) is 5.41 Å². The third-order valence-corrected chi connectivity index (χ3v) is 4.69. The molecule has 0 aliphatic heterocycles. The van der Waals surface area contributed by atoms with Crippen LogP contribution in [0.3, 0.4) is 0 Å². The Balaban J connectivity index is 1.67. The molecule has 1 aromatic heterocycles.